The molecule has 0 aromatic rings. The van der Waals surface area contributed by atoms with Crippen LogP contribution in [0.15, 0.2) is 0 Å². The molecule has 0 amide bonds. The molecule has 0 bridgehead atoms. The van der Waals surface area contributed by atoms with Gasteiger partial charge in [0.05, 0.1) is 5.41 Å². The SMILES string of the molecule is O=C(Cl)C1(CN2CC3CC3C2)CC1. The van der Waals surface area contributed by atoms with E-state index in [0.29, 0.717) is 0 Å². The van der Waals surface area contributed by atoms with Gasteiger partial charge < -0.3 is 4.90 Å². The molecule has 13 heavy (non-hydrogen) atoms. The highest BCUT2D eigenvalue weighted by Crippen LogP contribution is 2.51. The summed E-state index contributed by atoms with van der Waals surface area (Å²) >= 11 is 5.59. The van der Waals surface area contributed by atoms with Crippen molar-refractivity contribution < 1.29 is 4.79 Å². The number of rotatable bonds is 3. The fraction of sp³-hybridized carbons (Fsp3) is 0.900. The first-order chi connectivity index (χ1) is 6.20. The molecule has 2 aliphatic carbocycles. The number of fused-ring (bicyclic) bond motifs is 1. The zero-order valence-electron chi connectivity index (χ0n) is 7.63. The Balaban J connectivity index is 1.60. The minimum absolute atomic E-state index is 0.104. The van der Waals surface area contributed by atoms with E-state index < -0.39 is 0 Å². The summed E-state index contributed by atoms with van der Waals surface area (Å²) in [6.07, 6.45) is 3.46. The quantitative estimate of drug-likeness (QED) is 0.642. The first kappa shape index (κ1) is 8.25. The molecule has 0 spiro atoms. The molecule has 0 radical (unpaired) electrons. The Hall–Kier alpha value is -0.0800. The van der Waals surface area contributed by atoms with Crippen LogP contribution in [0.3, 0.4) is 0 Å². The Morgan fingerprint density at radius 1 is 1.38 bits per heavy atom. The van der Waals surface area contributed by atoms with Crippen LogP contribution < -0.4 is 0 Å². The van der Waals surface area contributed by atoms with Crippen molar-refractivity contribution in [2.24, 2.45) is 17.3 Å². The topological polar surface area (TPSA) is 20.3 Å². The van der Waals surface area contributed by atoms with Crippen LogP contribution >= 0.6 is 11.6 Å². The van der Waals surface area contributed by atoms with Gasteiger partial charge in [-0.3, -0.25) is 4.79 Å². The molecule has 3 aliphatic rings. The van der Waals surface area contributed by atoms with Gasteiger partial charge in [0, 0.05) is 19.6 Å². The van der Waals surface area contributed by atoms with Crippen LogP contribution in [0.2, 0.25) is 0 Å². The molecule has 0 N–H and O–H groups in total. The molecule has 0 aromatic carbocycles. The summed E-state index contributed by atoms with van der Waals surface area (Å²) in [5.74, 6) is 1.92. The molecular formula is C10H14ClNO. The summed E-state index contributed by atoms with van der Waals surface area (Å²) in [4.78, 5) is 13.6. The predicted octanol–water partition coefficient (Wildman–Crippen LogP) is 1.48. The molecule has 1 aliphatic heterocycles. The van der Waals surface area contributed by atoms with Crippen LogP contribution in [0.5, 0.6) is 0 Å². The molecule has 3 fully saturated rings. The number of nitrogens with zero attached hydrogens (tertiary/aromatic N) is 1. The number of hydrogen-bond acceptors (Lipinski definition) is 2. The first-order valence-corrected chi connectivity index (χ1v) is 5.50. The monoisotopic (exact) mass is 199 g/mol. The van der Waals surface area contributed by atoms with Crippen LogP contribution in [-0.2, 0) is 4.79 Å². The molecule has 1 saturated heterocycles. The third kappa shape index (κ3) is 1.31. The maximum absolute atomic E-state index is 11.1. The van der Waals surface area contributed by atoms with Crippen molar-refractivity contribution in [3.05, 3.63) is 0 Å². The molecule has 3 rings (SSSR count). The van der Waals surface area contributed by atoms with Crippen molar-refractivity contribution in [3.63, 3.8) is 0 Å². The van der Waals surface area contributed by atoms with E-state index >= 15 is 0 Å². The van der Waals surface area contributed by atoms with Gasteiger partial charge in [0.1, 0.15) is 0 Å². The van der Waals surface area contributed by atoms with Crippen LogP contribution in [0.1, 0.15) is 19.3 Å². The maximum Gasteiger partial charge on any atom is 0.229 e. The minimum Gasteiger partial charge on any atom is -0.302 e. The summed E-state index contributed by atoms with van der Waals surface area (Å²) in [6.45, 7) is 3.37. The predicted molar refractivity (Wildman–Crippen MR) is 50.6 cm³/mol. The number of halogens is 1. The second-order valence-corrected chi connectivity index (χ2v) is 5.35. The summed E-state index contributed by atoms with van der Waals surface area (Å²) in [6, 6.07) is 0. The van der Waals surface area contributed by atoms with Crippen molar-refractivity contribution in [2.75, 3.05) is 19.6 Å². The van der Waals surface area contributed by atoms with Crippen LogP contribution in [0.4, 0.5) is 0 Å². The summed E-state index contributed by atoms with van der Waals surface area (Å²) in [5, 5.41) is -0.104. The highest BCUT2D eigenvalue weighted by Gasteiger charge is 2.53. The lowest BCUT2D eigenvalue weighted by Crippen LogP contribution is -2.32. The molecule has 1 heterocycles. The lowest BCUT2D eigenvalue weighted by molar-refractivity contribution is -0.116. The Bertz CT molecular complexity index is 252. The lowest BCUT2D eigenvalue weighted by Gasteiger charge is -2.21. The van der Waals surface area contributed by atoms with E-state index in [4.69, 9.17) is 11.6 Å². The van der Waals surface area contributed by atoms with Crippen molar-refractivity contribution in [2.45, 2.75) is 19.3 Å². The fourth-order valence-electron chi connectivity index (χ4n) is 2.62. The maximum atomic E-state index is 11.1. The van der Waals surface area contributed by atoms with Crippen molar-refractivity contribution in [1.29, 1.82) is 0 Å². The molecule has 3 heteroatoms. The van der Waals surface area contributed by atoms with E-state index in [2.05, 4.69) is 4.90 Å². The highest BCUT2D eigenvalue weighted by atomic mass is 35.5. The molecule has 2 atom stereocenters. The Morgan fingerprint density at radius 2 is 2.00 bits per heavy atom. The largest absolute Gasteiger partial charge is 0.302 e. The third-order valence-electron chi connectivity index (χ3n) is 3.85. The van der Waals surface area contributed by atoms with Crippen molar-refractivity contribution in [1.82, 2.24) is 4.90 Å². The summed E-state index contributed by atoms with van der Waals surface area (Å²) in [5.41, 5.74) is -0.127. The molecule has 2 nitrogen and oxygen atoms in total. The molecule has 72 valence electrons. The van der Waals surface area contributed by atoms with Gasteiger partial charge in [-0.1, -0.05) is 0 Å². The van der Waals surface area contributed by atoms with Gasteiger partial charge in [0.25, 0.3) is 0 Å². The van der Waals surface area contributed by atoms with E-state index in [0.717, 1.165) is 31.2 Å². The lowest BCUT2D eigenvalue weighted by atomic mass is 10.1. The summed E-state index contributed by atoms with van der Waals surface area (Å²) in [7, 11) is 0. The Morgan fingerprint density at radius 3 is 2.46 bits per heavy atom. The second-order valence-electron chi connectivity index (χ2n) is 5.00. The van der Waals surface area contributed by atoms with E-state index in [1.54, 1.807) is 0 Å². The normalized spacial score (nSPS) is 40.1. The summed E-state index contributed by atoms with van der Waals surface area (Å²) < 4.78 is 0. The standard InChI is InChI=1S/C10H14ClNO/c11-9(13)10(1-2-10)6-12-4-7-3-8(7)5-12/h7-8H,1-6H2. The average molecular weight is 200 g/mol. The first-order valence-electron chi connectivity index (χ1n) is 5.12. The average Bonchev–Trinajstić information content (AvgIpc) is 2.94. The van der Waals surface area contributed by atoms with Gasteiger partial charge in [-0.15, -0.1) is 0 Å². The van der Waals surface area contributed by atoms with Crippen LogP contribution in [0, 0.1) is 17.3 Å². The van der Waals surface area contributed by atoms with Crippen molar-refractivity contribution >= 4 is 16.8 Å². The number of piperidine rings is 1. The minimum atomic E-state index is -0.127. The van der Waals surface area contributed by atoms with Crippen LogP contribution in [0.25, 0.3) is 0 Å². The van der Waals surface area contributed by atoms with Gasteiger partial charge in [-0.05, 0) is 42.7 Å². The smallest absolute Gasteiger partial charge is 0.229 e. The van der Waals surface area contributed by atoms with Crippen LogP contribution in [-0.4, -0.2) is 29.8 Å². The zero-order valence-corrected chi connectivity index (χ0v) is 8.39. The van der Waals surface area contributed by atoms with Gasteiger partial charge >= 0.3 is 0 Å². The van der Waals surface area contributed by atoms with E-state index in [-0.39, 0.29) is 10.7 Å². The Labute approximate surface area is 83.2 Å². The molecule has 2 saturated carbocycles. The highest BCUT2D eigenvalue weighted by molar-refractivity contribution is 6.65. The van der Waals surface area contributed by atoms with E-state index in [1.165, 1.54) is 19.5 Å². The second kappa shape index (κ2) is 2.48. The van der Waals surface area contributed by atoms with Gasteiger partial charge in [-0.2, -0.15) is 0 Å². The molecule has 2 unspecified atom stereocenters. The van der Waals surface area contributed by atoms with Gasteiger partial charge in [0.2, 0.25) is 5.24 Å². The molecular weight excluding hydrogens is 186 g/mol. The number of hydrogen-bond donors (Lipinski definition) is 0. The number of likely N-dealkylation sites (tertiary alicyclic amines) is 1. The molecule has 0 aromatic heterocycles. The number of carbonyl (C=O) groups excluding carboxylic acids is 1. The fourth-order valence-corrected chi connectivity index (χ4v) is 2.87. The van der Waals surface area contributed by atoms with E-state index in [9.17, 15) is 4.79 Å². The third-order valence-corrected chi connectivity index (χ3v) is 4.25. The van der Waals surface area contributed by atoms with Gasteiger partial charge in [-0.25, -0.2) is 0 Å². The van der Waals surface area contributed by atoms with Gasteiger partial charge in [0.15, 0.2) is 0 Å². The zero-order chi connectivity index (χ0) is 9.05. The van der Waals surface area contributed by atoms with Crippen molar-refractivity contribution in [3.8, 4) is 0 Å². The number of carbonyl (C=O) groups is 1. The Kier molecular flexibility index (Phi) is 1.58. The van der Waals surface area contributed by atoms with E-state index in [1.807, 2.05) is 0 Å².